The second kappa shape index (κ2) is 6.93. The summed E-state index contributed by atoms with van der Waals surface area (Å²) in [6.45, 7) is 5.87. The predicted octanol–water partition coefficient (Wildman–Crippen LogP) is 2.27. The summed E-state index contributed by atoms with van der Waals surface area (Å²) < 4.78 is 0. The van der Waals surface area contributed by atoms with Gasteiger partial charge in [-0.2, -0.15) is 0 Å². The summed E-state index contributed by atoms with van der Waals surface area (Å²) in [6, 6.07) is 0.577. The maximum absolute atomic E-state index is 5.51. The molecule has 0 fully saturated rings. The van der Waals surface area contributed by atoms with Crippen molar-refractivity contribution >= 4 is 11.3 Å². The van der Waals surface area contributed by atoms with E-state index in [0.29, 0.717) is 12.6 Å². The third-order valence-corrected chi connectivity index (χ3v) is 3.32. The number of unbranched alkanes of at least 4 members (excludes halogenated alkanes) is 1. The van der Waals surface area contributed by atoms with Crippen LogP contribution in [0.4, 0.5) is 0 Å². The van der Waals surface area contributed by atoms with E-state index in [-0.39, 0.29) is 0 Å². The number of nitrogens with two attached hydrogens (primary N) is 1. The molecule has 1 rings (SSSR count). The largest absolute Gasteiger partial charge is 0.325 e. The van der Waals surface area contributed by atoms with Gasteiger partial charge in [0.2, 0.25) is 0 Å². The summed E-state index contributed by atoms with van der Waals surface area (Å²) in [5.74, 6) is 0. The lowest BCUT2D eigenvalue weighted by atomic mass is 10.1. The topological polar surface area (TPSA) is 50.9 Å². The predicted molar refractivity (Wildman–Crippen MR) is 65.8 cm³/mol. The van der Waals surface area contributed by atoms with Gasteiger partial charge in [-0.1, -0.05) is 19.8 Å². The second-order valence-electron chi connectivity index (χ2n) is 3.86. The molecule has 1 atom stereocenters. The molecule has 0 aliphatic heterocycles. The van der Waals surface area contributed by atoms with Gasteiger partial charge in [-0.3, -0.25) is 0 Å². The van der Waals surface area contributed by atoms with Crippen molar-refractivity contribution in [2.45, 2.75) is 52.2 Å². The van der Waals surface area contributed by atoms with Gasteiger partial charge in [-0.25, -0.2) is 4.98 Å². The van der Waals surface area contributed by atoms with Crippen LogP contribution in [-0.2, 0) is 13.1 Å². The Morgan fingerprint density at radius 2 is 2.40 bits per heavy atom. The van der Waals surface area contributed by atoms with Gasteiger partial charge in [0.1, 0.15) is 5.01 Å². The molecule has 0 saturated carbocycles. The third-order valence-electron chi connectivity index (χ3n) is 2.40. The van der Waals surface area contributed by atoms with Crippen molar-refractivity contribution < 1.29 is 0 Å². The normalized spacial score (nSPS) is 13.0. The molecule has 0 radical (unpaired) electrons. The van der Waals surface area contributed by atoms with Crippen LogP contribution in [0, 0.1) is 0 Å². The van der Waals surface area contributed by atoms with Gasteiger partial charge in [-0.15, -0.1) is 11.3 Å². The highest BCUT2D eigenvalue weighted by atomic mass is 32.1. The van der Waals surface area contributed by atoms with Crippen LogP contribution in [0.2, 0.25) is 0 Å². The first-order chi connectivity index (χ1) is 7.26. The Morgan fingerprint density at radius 1 is 1.60 bits per heavy atom. The van der Waals surface area contributed by atoms with Crippen LogP contribution in [0.15, 0.2) is 5.38 Å². The van der Waals surface area contributed by atoms with E-state index < -0.39 is 0 Å². The quantitative estimate of drug-likeness (QED) is 0.751. The van der Waals surface area contributed by atoms with E-state index in [0.717, 1.165) is 17.2 Å². The molecule has 0 aliphatic rings. The van der Waals surface area contributed by atoms with Crippen molar-refractivity contribution in [2.75, 3.05) is 0 Å². The molecule has 0 spiro atoms. The molecule has 1 aromatic heterocycles. The summed E-state index contributed by atoms with van der Waals surface area (Å²) in [7, 11) is 0. The average molecular weight is 227 g/mol. The number of hydrogen-bond acceptors (Lipinski definition) is 4. The van der Waals surface area contributed by atoms with E-state index in [1.165, 1.54) is 19.3 Å². The third kappa shape index (κ3) is 4.73. The second-order valence-corrected chi connectivity index (χ2v) is 4.80. The van der Waals surface area contributed by atoms with E-state index in [4.69, 9.17) is 5.73 Å². The van der Waals surface area contributed by atoms with E-state index in [1.807, 2.05) is 0 Å². The van der Waals surface area contributed by atoms with Crippen LogP contribution in [0.3, 0.4) is 0 Å². The van der Waals surface area contributed by atoms with Gasteiger partial charge in [0.15, 0.2) is 0 Å². The lowest BCUT2D eigenvalue weighted by molar-refractivity contribution is 0.492. The van der Waals surface area contributed by atoms with Crippen LogP contribution in [0.1, 0.15) is 43.8 Å². The van der Waals surface area contributed by atoms with Crippen LogP contribution in [0.25, 0.3) is 0 Å². The minimum atomic E-state index is 0.552. The average Bonchev–Trinajstić information content (AvgIpc) is 2.71. The van der Waals surface area contributed by atoms with E-state index in [1.54, 1.807) is 11.3 Å². The molecule has 15 heavy (non-hydrogen) atoms. The Labute approximate surface area is 96.1 Å². The number of aromatic nitrogens is 1. The number of nitrogens with one attached hydrogen (secondary N) is 1. The summed E-state index contributed by atoms with van der Waals surface area (Å²) in [6.07, 6.45) is 3.80. The zero-order valence-corrected chi connectivity index (χ0v) is 10.4. The standard InChI is InChI=1S/C11H21N3S/c1-3-4-5-9(2)13-7-10-8-15-11(6-12)14-10/h8-9,13H,3-7,12H2,1-2H3. The lowest BCUT2D eigenvalue weighted by Crippen LogP contribution is -2.25. The number of nitrogens with zero attached hydrogens (tertiary/aromatic N) is 1. The fourth-order valence-electron chi connectivity index (χ4n) is 1.42. The fourth-order valence-corrected chi connectivity index (χ4v) is 2.09. The molecule has 0 saturated heterocycles. The molecule has 1 heterocycles. The monoisotopic (exact) mass is 227 g/mol. The minimum absolute atomic E-state index is 0.552. The molecule has 3 N–H and O–H groups in total. The van der Waals surface area contributed by atoms with Crippen molar-refractivity contribution in [3.8, 4) is 0 Å². The first-order valence-electron chi connectivity index (χ1n) is 5.63. The van der Waals surface area contributed by atoms with Gasteiger partial charge in [0.25, 0.3) is 0 Å². The number of rotatable bonds is 7. The molecule has 0 aliphatic carbocycles. The summed E-state index contributed by atoms with van der Waals surface area (Å²) in [4.78, 5) is 4.41. The van der Waals surface area contributed by atoms with Crippen molar-refractivity contribution in [3.63, 3.8) is 0 Å². The van der Waals surface area contributed by atoms with Gasteiger partial charge >= 0.3 is 0 Å². The smallest absolute Gasteiger partial charge is 0.106 e. The highest BCUT2D eigenvalue weighted by Crippen LogP contribution is 2.09. The van der Waals surface area contributed by atoms with Gasteiger partial charge < -0.3 is 11.1 Å². The van der Waals surface area contributed by atoms with E-state index >= 15 is 0 Å². The molecular weight excluding hydrogens is 206 g/mol. The van der Waals surface area contributed by atoms with Crippen LogP contribution in [0.5, 0.6) is 0 Å². The van der Waals surface area contributed by atoms with Crippen molar-refractivity contribution in [3.05, 3.63) is 16.1 Å². The van der Waals surface area contributed by atoms with Crippen molar-refractivity contribution in [1.82, 2.24) is 10.3 Å². The summed E-state index contributed by atoms with van der Waals surface area (Å²) >= 11 is 1.64. The molecule has 1 unspecified atom stereocenters. The zero-order chi connectivity index (χ0) is 11.1. The summed E-state index contributed by atoms with van der Waals surface area (Å²) in [5, 5.41) is 6.58. The van der Waals surface area contributed by atoms with Gasteiger partial charge in [0, 0.05) is 24.5 Å². The highest BCUT2D eigenvalue weighted by Gasteiger charge is 2.03. The fraction of sp³-hybridized carbons (Fsp3) is 0.727. The lowest BCUT2D eigenvalue weighted by Gasteiger charge is -2.11. The Balaban J connectivity index is 2.24. The Kier molecular flexibility index (Phi) is 5.83. The first-order valence-corrected chi connectivity index (χ1v) is 6.51. The van der Waals surface area contributed by atoms with E-state index in [2.05, 4.69) is 29.5 Å². The maximum atomic E-state index is 5.51. The molecule has 0 bridgehead atoms. The zero-order valence-electron chi connectivity index (χ0n) is 9.62. The Morgan fingerprint density at radius 3 is 3.00 bits per heavy atom. The maximum Gasteiger partial charge on any atom is 0.106 e. The number of thiazole rings is 1. The van der Waals surface area contributed by atoms with Gasteiger partial charge in [-0.05, 0) is 13.3 Å². The SMILES string of the molecule is CCCCC(C)NCc1csc(CN)n1. The van der Waals surface area contributed by atoms with E-state index in [9.17, 15) is 0 Å². The summed E-state index contributed by atoms with van der Waals surface area (Å²) in [5.41, 5.74) is 6.63. The van der Waals surface area contributed by atoms with Crippen molar-refractivity contribution in [2.24, 2.45) is 5.73 Å². The van der Waals surface area contributed by atoms with Crippen LogP contribution >= 0.6 is 11.3 Å². The Bertz CT molecular complexity index is 273. The highest BCUT2D eigenvalue weighted by molar-refractivity contribution is 7.09. The molecule has 3 nitrogen and oxygen atoms in total. The molecular formula is C11H21N3S. The van der Waals surface area contributed by atoms with Crippen LogP contribution < -0.4 is 11.1 Å². The Hall–Kier alpha value is -0.450. The number of hydrogen-bond donors (Lipinski definition) is 2. The minimum Gasteiger partial charge on any atom is -0.325 e. The molecule has 0 amide bonds. The molecule has 1 aromatic rings. The van der Waals surface area contributed by atoms with Crippen LogP contribution in [-0.4, -0.2) is 11.0 Å². The molecule has 0 aromatic carbocycles. The van der Waals surface area contributed by atoms with Crippen molar-refractivity contribution in [1.29, 1.82) is 0 Å². The first kappa shape index (κ1) is 12.6. The molecule has 86 valence electrons. The molecule has 4 heteroatoms. The van der Waals surface area contributed by atoms with Gasteiger partial charge in [0.05, 0.1) is 5.69 Å².